The predicted molar refractivity (Wildman–Crippen MR) is 95.3 cm³/mol. The Morgan fingerprint density at radius 3 is 2.48 bits per heavy atom. The van der Waals surface area contributed by atoms with Crippen molar-refractivity contribution in [2.45, 2.75) is 30.3 Å². The topological polar surface area (TPSA) is 53.5 Å². The molecular formula is C18H16F3N3O2S. The lowest BCUT2D eigenvalue weighted by molar-refractivity contribution is -0.116. The van der Waals surface area contributed by atoms with Crippen LogP contribution in [0.1, 0.15) is 18.2 Å². The van der Waals surface area contributed by atoms with Crippen molar-refractivity contribution >= 4 is 29.4 Å². The summed E-state index contributed by atoms with van der Waals surface area (Å²) in [6.45, 7) is 2.08. The normalized spacial score (nSPS) is 15.0. The van der Waals surface area contributed by atoms with Gasteiger partial charge < -0.3 is 4.90 Å². The summed E-state index contributed by atoms with van der Waals surface area (Å²) in [4.78, 5) is 31.6. The number of imide groups is 1. The molecule has 9 heteroatoms. The van der Waals surface area contributed by atoms with E-state index >= 15 is 0 Å². The van der Waals surface area contributed by atoms with Crippen molar-refractivity contribution in [2.24, 2.45) is 0 Å². The summed E-state index contributed by atoms with van der Waals surface area (Å²) in [5, 5.41) is 0. The van der Waals surface area contributed by atoms with Crippen molar-refractivity contribution in [1.29, 1.82) is 0 Å². The third-order valence-electron chi connectivity index (χ3n) is 4.07. The molecule has 142 valence electrons. The van der Waals surface area contributed by atoms with Gasteiger partial charge in [-0.1, -0.05) is 13.0 Å². The summed E-state index contributed by atoms with van der Waals surface area (Å²) >= 11 is -0.247. The predicted octanol–water partition coefficient (Wildman–Crippen LogP) is 4.22. The molecule has 2 aromatic rings. The van der Waals surface area contributed by atoms with Crippen LogP contribution in [0.4, 0.5) is 23.7 Å². The molecule has 1 aliphatic rings. The van der Waals surface area contributed by atoms with Crippen LogP contribution >= 0.6 is 11.8 Å². The molecule has 5 nitrogen and oxygen atoms in total. The second-order valence-electron chi connectivity index (χ2n) is 5.87. The Hall–Kier alpha value is -2.55. The van der Waals surface area contributed by atoms with E-state index in [9.17, 15) is 22.8 Å². The Morgan fingerprint density at radius 2 is 1.85 bits per heavy atom. The number of halogens is 3. The van der Waals surface area contributed by atoms with Crippen LogP contribution in [-0.4, -0.2) is 33.9 Å². The number of pyridine rings is 1. The van der Waals surface area contributed by atoms with Crippen LogP contribution in [0.5, 0.6) is 0 Å². The first-order chi connectivity index (χ1) is 12.8. The molecule has 3 rings (SSSR count). The van der Waals surface area contributed by atoms with Gasteiger partial charge in [0, 0.05) is 11.1 Å². The number of urea groups is 1. The van der Waals surface area contributed by atoms with E-state index in [1.54, 1.807) is 6.20 Å². The van der Waals surface area contributed by atoms with Gasteiger partial charge in [-0.3, -0.25) is 9.78 Å². The number of carbonyl (C=O) groups is 2. The number of thioether (sulfide) groups is 1. The third kappa shape index (κ3) is 4.41. The van der Waals surface area contributed by atoms with E-state index in [1.807, 2.05) is 19.1 Å². The highest BCUT2D eigenvalue weighted by atomic mass is 32.2. The lowest BCUT2D eigenvalue weighted by Crippen LogP contribution is -2.33. The molecule has 0 atom stereocenters. The van der Waals surface area contributed by atoms with Gasteiger partial charge in [0.15, 0.2) is 0 Å². The molecule has 0 spiro atoms. The lowest BCUT2D eigenvalue weighted by Gasteiger charge is -2.18. The fraction of sp³-hybridized carbons (Fsp3) is 0.278. The van der Waals surface area contributed by atoms with Crippen LogP contribution < -0.4 is 4.90 Å². The maximum absolute atomic E-state index is 12.7. The van der Waals surface area contributed by atoms with Crippen LogP contribution in [0.3, 0.4) is 0 Å². The number of aryl methyl sites for hydroxylation is 1. The zero-order valence-electron chi connectivity index (χ0n) is 14.4. The van der Waals surface area contributed by atoms with Crippen molar-refractivity contribution in [3.63, 3.8) is 0 Å². The van der Waals surface area contributed by atoms with E-state index in [-0.39, 0.29) is 35.4 Å². The van der Waals surface area contributed by atoms with Gasteiger partial charge in [-0.05, 0) is 54.1 Å². The van der Waals surface area contributed by atoms with Gasteiger partial charge in [0.25, 0.3) is 5.91 Å². The average Bonchev–Trinajstić information content (AvgIpc) is 2.88. The largest absolute Gasteiger partial charge is 0.446 e. The van der Waals surface area contributed by atoms with Crippen molar-refractivity contribution in [1.82, 2.24) is 9.88 Å². The van der Waals surface area contributed by atoms with Gasteiger partial charge in [-0.2, -0.15) is 13.2 Å². The Bertz CT molecular complexity index is 856. The van der Waals surface area contributed by atoms with E-state index in [2.05, 4.69) is 4.98 Å². The third-order valence-corrected chi connectivity index (χ3v) is 4.81. The number of anilines is 1. The molecular weight excluding hydrogens is 379 g/mol. The van der Waals surface area contributed by atoms with Crippen LogP contribution in [-0.2, 0) is 17.8 Å². The molecule has 0 radical (unpaired) electrons. The zero-order valence-corrected chi connectivity index (χ0v) is 15.2. The number of nitrogens with zero attached hydrogens (tertiary/aromatic N) is 3. The van der Waals surface area contributed by atoms with Gasteiger partial charge >= 0.3 is 11.5 Å². The van der Waals surface area contributed by atoms with Gasteiger partial charge in [0.2, 0.25) is 0 Å². The Kier molecular flexibility index (Phi) is 5.41. The maximum atomic E-state index is 12.7. The van der Waals surface area contributed by atoms with Crippen molar-refractivity contribution < 1.29 is 22.8 Å². The molecule has 1 saturated heterocycles. The standard InChI is InChI=1S/C18H16F3N3O2S/c1-2-12-4-3-9-22-15(12)10-23-11-16(25)24(17(23)26)13-5-7-14(8-6-13)27-18(19,20)21/h3-9H,2,10-11H2,1H3. The number of amides is 3. The highest BCUT2D eigenvalue weighted by Gasteiger charge is 2.37. The van der Waals surface area contributed by atoms with Crippen molar-refractivity contribution in [2.75, 3.05) is 11.4 Å². The fourth-order valence-corrected chi connectivity index (χ4v) is 3.38. The van der Waals surface area contributed by atoms with Crippen LogP contribution in [0.2, 0.25) is 0 Å². The molecule has 27 heavy (non-hydrogen) atoms. The molecule has 1 aromatic carbocycles. The van der Waals surface area contributed by atoms with Crippen molar-refractivity contribution in [3.05, 3.63) is 53.9 Å². The van der Waals surface area contributed by atoms with Gasteiger partial charge in [0.1, 0.15) is 6.54 Å². The van der Waals surface area contributed by atoms with Crippen LogP contribution in [0.15, 0.2) is 47.5 Å². The molecule has 0 saturated carbocycles. The lowest BCUT2D eigenvalue weighted by atomic mass is 10.1. The first kappa shape index (κ1) is 19.2. The van der Waals surface area contributed by atoms with Gasteiger partial charge in [-0.25, -0.2) is 9.69 Å². The summed E-state index contributed by atoms with van der Waals surface area (Å²) in [6, 6.07) is 8.38. The highest BCUT2D eigenvalue weighted by Crippen LogP contribution is 2.37. The fourth-order valence-electron chi connectivity index (χ4n) is 2.84. The van der Waals surface area contributed by atoms with E-state index in [0.29, 0.717) is 0 Å². The minimum Gasteiger partial charge on any atom is -0.309 e. The molecule has 1 fully saturated rings. The van der Waals surface area contributed by atoms with E-state index in [4.69, 9.17) is 0 Å². The number of rotatable bonds is 5. The van der Waals surface area contributed by atoms with E-state index < -0.39 is 17.4 Å². The molecule has 1 aliphatic heterocycles. The Morgan fingerprint density at radius 1 is 1.15 bits per heavy atom. The minimum absolute atomic E-state index is 0.0109. The first-order valence-electron chi connectivity index (χ1n) is 8.19. The van der Waals surface area contributed by atoms with Crippen LogP contribution in [0, 0.1) is 0 Å². The second-order valence-corrected chi connectivity index (χ2v) is 7.01. The SMILES string of the molecule is CCc1cccnc1CN1CC(=O)N(c2ccc(SC(F)(F)F)cc2)C1=O. The Labute approximate surface area is 158 Å². The smallest absolute Gasteiger partial charge is 0.309 e. The molecule has 3 amide bonds. The summed E-state index contributed by atoms with van der Waals surface area (Å²) in [5.74, 6) is -0.426. The molecule has 1 aromatic heterocycles. The summed E-state index contributed by atoms with van der Waals surface area (Å²) in [5.41, 5.74) is -2.43. The van der Waals surface area contributed by atoms with Crippen LogP contribution in [0.25, 0.3) is 0 Å². The molecule has 0 unspecified atom stereocenters. The number of alkyl halides is 3. The summed E-state index contributed by atoms with van der Waals surface area (Å²) < 4.78 is 37.3. The number of benzene rings is 1. The average molecular weight is 395 g/mol. The summed E-state index contributed by atoms with van der Waals surface area (Å²) in [7, 11) is 0. The van der Waals surface area contributed by atoms with E-state index in [1.165, 1.54) is 29.2 Å². The highest BCUT2D eigenvalue weighted by molar-refractivity contribution is 8.00. The van der Waals surface area contributed by atoms with E-state index in [0.717, 1.165) is 22.6 Å². The molecule has 0 aliphatic carbocycles. The quantitative estimate of drug-likeness (QED) is 0.562. The number of hydrogen-bond donors (Lipinski definition) is 0. The molecule has 0 N–H and O–H groups in total. The first-order valence-corrected chi connectivity index (χ1v) is 9.00. The number of hydrogen-bond acceptors (Lipinski definition) is 4. The second kappa shape index (κ2) is 7.59. The Balaban J connectivity index is 1.76. The summed E-state index contributed by atoms with van der Waals surface area (Å²) in [6.07, 6.45) is 2.38. The maximum Gasteiger partial charge on any atom is 0.446 e. The number of aromatic nitrogens is 1. The molecule has 2 heterocycles. The molecule has 0 bridgehead atoms. The minimum atomic E-state index is -4.39. The van der Waals surface area contributed by atoms with Gasteiger partial charge in [0.05, 0.1) is 17.9 Å². The monoisotopic (exact) mass is 395 g/mol. The van der Waals surface area contributed by atoms with Crippen molar-refractivity contribution in [3.8, 4) is 0 Å². The zero-order chi connectivity index (χ0) is 19.6. The van der Waals surface area contributed by atoms with Gasteiger partial charge in [-0.15, -0.1) is 0 Å². The number of carbonyl (C=O) groups excluding carboxylic acids is 2.